The maximum atomic E-state index is 12.0. The zero-order valence-electron chi connectivity index (χ0n) is 12.0. The molecule has 0 aromatic carbocycles. The van der Waals surface area contributed by atoms with Crippen LogP contribution in [-0.2, 0) is 14.3 Å². The van der Waals surface area contributed by atoms with E-state index in [9.17, 15) is 9.59 Å². The summed E-state index contributed by atoms with van der Waals surface area (Å²) in [6, 6.07) is 0.0508. The number of hydrogen-bond donors (Lipinski definition) is 1. The monoisotopic (exact) mass is 259 g/mol. The second kappa shape index (κ2) is 7.36. The lowest BCUT2D eigenvalue weighted by Crippen LogP contribution is -2.41. The van der Waals surface area contributed by atoms with Crippen LogP contribution in [0.2, 0.25) is 0 Å². The molecule has 0 aromatic heterocycles. The van der Waals surface area contributed by atoms with Crippen LogP contribution in [0.5, 0.6) is 0 Å². The van der Waals surface area contributed by atoms with E-state index in [-0.39, 0.29) is 30.6 Å². The molecule has 0 aliphatic rings. The Morgan fingerprint density at radius 3 is 2.22 bits per heavy atom. The van der Waals surface area contributed by atoms with Gasteiger partial charge in [-0.2, -0.15) is 0 Å². The van der Waals surface area contributed by atoms with E-state index in [1.54, 1.807) is 4.90 Å². The van der Waals surface area contributed by atoms with Gasteiger partial charge in [-0.25, -0.2) is 0 Å². The van der Waals surface area contributed by atoms with Crippen LogP contribution in [0.15, 0.2) is 0 Å². The van der Waals surface area contributed by atoms with Gasteiger partial charge in [-0.05, 0) is 41.0 Å². The number of nitrogens with zero attached hydrogens (tertiary/aromatic N) is 1. The van der Waals surface area contributed by atoms with E-state index >= 15 is 0 Å². The average Bonchev–Trinajstić information content (AvgIpc) is 2.19. The van der Waals surface area contributed by atoms with E-state index in [2.05, 4.69) is 0 Å². The summed E-state index contributed by atoms with van der Waals surface area (Å²) in [5.41, 5.74) is -0.348. The molecule has 18 heavy (non-hydrogen) atoms. The second-order valence-corrected chi connectivity index (χ2v) is 5.58. The van der Waals surface area contributed by atoms with Gasteiger partial charge in [0.25, 0.3) is 0 Å². The molecule has 0 rings (SSSR count). The standard InChI is InChI=1S/C13H25NO4/c1-10(2)14(8-6-7-12(16)17)11(15)9-18-13(3,4)5/h10H,6-9H2,1-5H3,(H,16,17). The Morgan fingerprint density at radius 2 is 1.83 bits per heavy atom. The van der Waals surface area contributed by atoms with Gasteiger partial charge in [0.2, 0.25) is 5.91 Å². The number of carboxylic acids is 1. The van der Waals surface area contributed by atoms with Gasteiger partial charge in [-0.3, -0.25) is 9.59 Å². The number of carbonyl (C=O) groups is 2. The summed E-state index contributed by atoms with van der Waals surface area (Å²) in [7, 11) is 0. The van der Waals surface area contributed by atoms with E-state index in [0.717, 1.165) is 0 Å². The Kier molecular flexibility index (Phi) is 6.91. The molecule has 5 heteroatoms. The third-order valence-corrected chi connectivity index (χ3v) is 2.36. The molecule has 0 saturated carbocycles. The minimum atomic E-state index is -0.836. The highest BCUT2D eigenvalue weighted by molar-refractivity contribution is 5.77. The first kappa shape index (κ1) is 16.9. The van der Waals surface area contributed by atoms with Crippen LogP contribution in [0, 0.1) is 0 Å². The third-order valence-electron chi connectivity index (χ3n) is 2.36. The summed E-state index contributed by atoms with van der Waals surface area (Å²) in [4.78, 5) is 24.1. The number of hydrogen-bond acceptors (Lipinski definition) is 3. The van der Waals surface area contributed by atoms with E-state index < -0.39 is 5.97 Å². The lowest BCUT2D eigenvalue weighted by molar-refractivity contribution is -0.144. The van der Waals surface area contributed by atoms with Gasteiger partial charge in [0.15, 0.2) is 0 Å². The van der Waals surface area contributed by atoms with E-state index in [0.29, 0.717) is 13.0 Å². The van der Waals surface area contributed by atoms with Crippen LogP contribution in [-0.4, -0.2) is 46.7 Å². The lowest BCUT2D eigenvalue weighted by Gasteiger charge is -2.28. The van der Waals surface area contributed by atoms with Gasteiger partial charge < -0.3 is 14.7 Å². The number of rotatable bonds is 7. The fraction of sp³-hybridized carbons (Fsp3) is 0.846. The number of carboxylic acid groups (broad SMARTS) is 1. The molecule has 0 unspecified atom stereocenters. The molecule has 0 aliphatic heterocycles. The smallest absolute Gasteiger partial charge is 0.303 e. The lowest BCUT2D eigenvalue weighted by atomic mass is 10.2. The molecule has 0 spiro atoms. The molecule has 0 radical (unpaired) electrons. The summed E-state index contributed by atoms with van der Waals surface area (Å²) < 4.78 is 5.44. The van der Waals surface area contributed by atoms with Crippen LogP contribution in [0.1, 0.15) is 47.5 Å². The molecule has 0 aromatic rings. The van der Waals surface area contributed by atoms with Gasteiger partial charge in [0.05, 0.1) is 5.60 Å². The predicted molar refractivity (Wildman–Crippen MR) is 69.4 cm³/mol. The van der Waals surface area contributed by atoms with Crippen molar-refractivity contribution in [3.63, 3.8) is 0 Å². The largest absolute Gasteiger partial charge is 0.481 e. The summed E-state index contributed by atoms with van der Waals surface area (Å²) in [5.74, 6) is -0.928. The molecule has 5 nitrogen and oxygen atoms in total. The van der Waals surface area contributed by atoms with Crippen LogP contribution in [0.25, 0.3) is 0 Å². The Labute approximate surface area is 109 Å². The molecule has 0 bridgehead atoms. The molecular weight excluding hydrogens is 234 g/mol. The normalized spacial score (nSPS) is 11.7. The number of aliphatic carboxylic acids is 1. The first-order chi connectivity index (χ1) is 8.13. The minimum Gasteiger partial charge on any atom is -0.481 e. The zero-order valence-corrected chi connectivity index (χ0v) is 12.0. The molecule has 1 amide bonds. The van der Waals surface area contributed by atoms with Crippen LogP contribution < -0.4 is 0 Å². The van der Waals surface area contributed by atoms with Crippen molar-refractivity contribution in [2.24, 2.45) is 0 Å². The quantitative estimate of drug-likeness (QED) is 0.758. The molecule has 0 aliphatic carbocycles. The van der Waals surface area contributed by atoms with Crippen molar-refractivity contribution in [2.75, 3.05) is 13.2 Å². The SMILES string of the molecule is CC(C)N(CCCC(=O)O)C(=O)COC(C)(C)C. The highest BCUT2D eigenvalue weighted by Gasteiger charge is 2.20. The van der Waals surface area contributed by atoms with Gasteiger partial charge in [-0.1, -0.05) is 0 Å². The molecule has 0 heterocycles. The minimum absolute atomic E-state index is 0.0365. The number of amides is 1. The molecule has 1 N–H and O–H groups in total. The van der Waals surface area contributed by atoms with Gasteiger partial charge >= 0.3 is 5.97 Å². The molecule has 0 atom stereocenters. The Morgan fingerprint density at radius 1 is 1.28 bits per heavy atom. The molecule has 0 fully saturated rings. The number of carbonyl (C=O) groups excluding carboxylic acids is 1. The Hall–Kier alpha value is -1.10. The van der Waals surface area contributed by atoms with Gasteiger partial charge in [0.1, 0.15) is 6.61 Å². The Bertz CT molecular complexity index is 281. The van der Waals surface area contributed by atoms with Crippen molar-refractivity contribution in [1.82, 2.24) is 4.90 Å². The summed E-state index contributed by atoms with van der Waals surface area (Å²) in [5, 5.41) is 8.59. The van der Waals surface area contributed by atoms with Crippen molar-refractivity contribution in [3.8, 4) is 0 Å². The van der Waals surface area contributed by atoms with Crippen LogP contribution >= 0.6 is 0 Å². The molecule has 106 valence electrons. The topological polar surface area (TPSA) is 66.8 Å². The predicted octanol–water partition coefficient (Wildman–Crippen LogP) is 1.90. The fourth-order valence-corrected chi connectivity index (χ4v) is 1.43. The van der Waals surface area contributed by atoms with Gasteiger partial charge in [0, 0.05) is 19.0 Å². The van der Waals surface area contributed by atoms with Crippen molar-refractivity contribution in [1.29, 1.82) is 0 Å². The average molecular weight is 259 g/mol. The second-order valence-electron chi connectivity index (χ2n) is 5.58. The van der Waals surface area contributed by atoms with Crippen LogP contribution in [0.3, 0.4) is 0 Å². The first-order valence-corrected chi connectivity index (χ1v) is 6.28. The number of ether oxygens (including phenoxy) is 1. The molecular formula is C13H25NO4. The van der Waals surface area contributed by atoms with Crippen molar-refractivity contribution in [2.45, 2.75) is 59.1 Å². The summed E-state index contributed by atoms with van der Waals surface area (Å²) in [6.45, 7) is 10.00. The zero-order chi connectivity index (χ0) is 14.3. The maximum absolute atomic E-state index is 12.0. The highest BCUT2D eigenvalue weighted by Crippen LogP contribution is 2.09. The van der Waals surface area contributed by atoms with Gasteiger partial charge in [-0.15, -0.1) is 0 Å². The van der Waals surface area contributed by atoms with Crippen LogP contribution in [0.4, 0.5) is 0 Å². The van der Waals surface area contributed by atoms with Crippen molar-refractivity contribution < 1.29 is 19.4 Å². The summed E-state index contributed by atoms with van der Waals surface area (Å²) >= 11 is 0. The van der Waals surface area contributed by atoms with E-state index in [1.165, 1.54) is 0 Å². The fourth-order valence-electron chi connectivity index (χ4n) is 1.43. The maximum Gasteiger partial charge on any atom is 0.303 e. The molecule has 0 saturated heterocycles. The van der Waals surface area contributed by atoms with Crippen molar-refractivity contribution in [3.05, 3.63) is 0 Å². The van der Waals surface area contributed by atoms with E-state index in [1.807, 2.05) is 34.6 Å². The van der Waals surface area contributed by atoms with Crippen molar-refractivity contribution >= 4 is 11.9 Å². The highest BCUT2D eigenvalue weighted by atomic mass is 16.5. The summed E-state index contributed by atoms with van der Waals surface area (Å²) in [6.07, 6.45) is 0.547. The third kappa shape index (κ3) is 8.06. The first-order valence-electron chi connectivity index (χ1n) is 6.28. The Balaban J connectivity index is 4.24. The van der Waals surface area contributed by atoms with E-state index in [4.69, 9.17) is 9.84 Å².